The number of rotatable bonds is 2. The third-order valence-corrected chi connectivity index (χ3v) is 2.94. The molecule has 0 radical (unpaired) electrons. The Labute approximate surface area is 90.8 Å². The summed E-state index contributed by atoms with van der Waals surface area (Å²) in [4.78, 5) is 0. The highest BCUT2D eigenvalue weighted by Gasteiger charge is 2.18. The summed E-state index contributed by atoms with van der Waals surface area (Å²) in [6.45, 7) is 5.57. The predicted octanol–water partition coefficient (Wildman–Crippen LogP) is 2.81. The van der Waals surface area contributed by atoms with Crippen molar-refractivity contribution in [2.24, 2.45) is 4.40 Å². The molecule has 1 aromatic rings. The van der Waals surface area contributed by atoms with Gasteiger partial charge in [0.15, 0.2) is 5.22 Å². The van der Waals surface area contributed by atoms with Crippen molar-refractivity contribution in [1.82, 2.24) is 0 Å². The van der Waals surface area contributed by atoms with Gasteiger partial charge in [-0.1, -0.05) is 0 Å². The van der Waals surface area contributed by atoms with E-state index in [1.54, 1.807) is 12.1 Å². The Kier molecular flexibility index (Phi) is 3.50. The number of hydrogen-bond donors (Lipinski definition) is 0. The molecule has 0 amide bonds. The van der Waals surface area contributed by atoms with Crippen LogP contribution in [-0.2, 0) is 11.0 Å². The monoisotopic (exact) mass is 233 g/mol. The van der Waals surface area contributed by atoms with Crippen LogP contribution in [0.15, 0.2) is 20.9 Å². The molecule has 0 saturated carbocycles. The molecule has 5 heteroatoms. The molecule has 1 rings (SSSR count). The molecule has 0 aliphatic rings. The van der Waals surface area contributed by atoms with Crippen LogP contribution in [0.3, 0.4) is 0 Å². The first kappa shape index (κ1) is 11.5. The molecule has 0 saturated heterocycles. The fourth-order valence-corrected chi connectivity index (χ4v) is 1.32. The van der Waals surface area contributed by atoms with Crippen LogP contribution in [0.2, 0.25) is 5.22 Å². The molecule has 0 aliphatic carbocycles. The molecule has 0 bridgehead atoms. The van der Waals surface area contributed by atoms with Gasteiger partial charge in [-0.2, -0.15) is 4.40 Å². The van der Waals surface area contributed by atoms with Crippen LogP contribution in [0.4, 0.5) is 0 Å². The van der Waals surface area contributed by atoms with Crippen molar-refractivity contribution in [3.05, 3.63) is 23.1 Å². The third-order valence-electron chi connectivity index (χ3n) is 1.39. The van der Waals surface area contributed by atoms with Crippen molar-refractivity contribution in [2.45, 2.75) is 25.5 Å². The Hall–Kier alpha value is -0.610. The lowest BCUT2D eigenvalue weighted by Crippen LogP contribution is -2.19. The normalized spacial score (nSPS) is 14.9. The zero-order valence-electron chi connectivity index (χ0n) is 8.28. The standard InChI is InChI=1S/C9H12ClNO2S/c1-9(2,3)14(12)11-6-7-4-5-8(10)13-7/h4-6H,1-3H3/b11-6+/t14-/m1/s1. The molecule has 0 spiro atoms. The van der Waals surface area contributed by atoms with Crippen molar-refractivity contribution in [3.8, 4) is 0 Å². The van der Waals surface area contributed by atoms with Gasteiger partial charge in [0, 0.05) is 0 Å². The fourth-order valence-electron chi connectivity index (χ4n) is 0.656. The first-order valence-corrected chi connectivity index (χ1v) is 5.59. The van der Waals surface area contributed by atoms with E-state index in [1.165, 1.54) is 6.21 Å². The molecular formula is C9H12ClNO2S. The second-order valence-electron chi connectivity index (χ2n) is 3.74. The third kappa shape index (κ3) is 3.27. The van der Waals surface area contributed by atoms with E-state index in [2.05, 4.69) is 4.40 Å². The molecular weight excluding hydrogens is 222 g/mol. The van der Waals surface area contributed by atoms with Gasteiger partial charge in [-0.05, 0) is 44.5 Å². The highest BCUT2D eigenvalue weighted by Crippen LogP contribution is 2.14. The van der Waals surface area contributed by atoms with E-state index in [0.29, 0.717) is 11.0 Å². The average Bonchev–Trinajstić information content (AvgIpc) is 2.45. The van der Waals surface area contributed by atoms with Gasteiger partial charge in [-0.15, -0.1) is 0 Å². The van der Waals surface area contributed by atoms with Gasteiger partial charge in [-0.25, -0.2) is 4.21 Å². The van der Waals surface area contributed by atoms with Crippen LogP contribution in [0.5, 0.6) is 0 Å². The van der Waals surface area contributed by atoms with E-state index in [4.69, 9.17) is 16.0 Å². The van der Waals surface area contributed by atoms with Crippen molar-refractivity contribution >= 4 is 28.8 Å². The van der Waals surface area contributed by atoms with Gasteiger partial charge in [-0.3, -0.25) is 0 Å². The topological polar surface area (TPSA) is 42.6 Å². The number of hydrogen-bond acceptors (Lipinski definition) is 2. The minimum absolute atomic E-state index is 0.299. The number of halogens is 1. The minimum Gasteiger partial charge on any atom is -0.444 e. The van der Waals surface area contributed by atoms with Crippen molar-refractivity contribution in [2.75, 3.05) is 0 Å². The van der Waals surface area contributed by atoms with Gasteiger partial charge in [0.25, 0.3) is 0 Å². The van der Waals surface area contributed by atoms with Crippen LogP contribution in [0.25, 0.3) is 0 Å². The first-order valence-electron chi connectivity index (χ1n) is 4.11. The van der Waals surface area contributed by atoms with Crippen LogP contribution < -0.4 is 0 Å². The Bertz CT molecular complexity index is 365. The summed E-state index contributed by atoms with van der Waals surface area (Å²) in [7, 11) is -1.26. The van der Waals surface area contributed by atoms with Gasteiger partial charge in [0.2, 0.25) is 0 Å². The first-order chi connectivity index (χ1) is 6.39. The van der Waals surface area contributed by atoms with Crippen molar-refractivity contribution in [3.63, 3.8) is 0 Å². The van der Waals surface area contributed by atoms with Crippen LogP contribution in [0, 0.1) is 0 Å². The molecule has 0 N–H and O–H groups in total. The fraction of sp³-hybridized carbons (Fsp3) is 0.444. The van der Waals surface area contributed by atoms with Gasteiger partial charge >= 0.3 is 0 Å². The Morgan fingerprint density at radius 3 is 2.57 bits per heavy atom. The zero-order valence-corrected chi connectivity index (χ0v) is 9.85. The van der Waals surface area contributed by atoms with E-state index in [9.17, 15) is 4.21 Å². The summed E-state index contributed by atoms with van der Waals surface area (Å²) < 4.78 is 20.0. The number of nitrogens with zero attached hydrogens (tertiary/aromatic N) is 1. The smallest absolute Gasteiger partial charge is 0.193 e. The van der Waals surface area contributed by atoms with Crippen LogP contribution in [0.1, 0.15) is 26.5 Å². The summed E-state index contributed by atoms with van der Waals surface area (Å²) >= 11 is 5.56. The van der Waals surface area contributed by atoms with E-state index < -0.39 is 11.0 Å². The minimum atomic E-state index is -1.26. The SMILES string of the molecule is CC(C)(C)[S@@](=O)/N=C/c1ccc(Cl)o1. The van der Waals surface area contributed by atoms with E-state index in [1.807, 2.05) is 20.8 Å². The molecule has 1 aromatic heterocycles. The molecule has 14 heavy (non-hydrogen) atoms. The molecule has 0 aliphatic heterocycles. The molecule has 3 nitrogen and oxygen atoms in total. The van der Waals surface area contributed by atoms with Gasteiger partial charge in [0.05, 0.1) is 11.0 Å². The molecule has 0 fully saturated rings. The van der Waals surface area contributed by atoms with Gasteiger partial charge < -0.3 is 4.42 Å². The van der Waals surface area contributed by atoms with E-state index in [-0.39, 0.29) is 4.75 Å². The van der Waals surface area contributed by atoms with E-state index >= 15 is 0 Å². The second kappa shape index (κ2) is 4.28. The highest BCUT2D eigenvalue weighted by atomic mass is 35.5. The summed E-state index contributed by atoms with van der Waals surface area (Å²) in [6, 6.07) is 3.29. The Balaban J connectivity index is 2.70. The Morgan fingerprint density at radius 1 is 1.50 bits per heavy atom. The Morgan fingerprint density at radius 2 is 2.14 bits per heavy atom. The quantitative estimate of drug-likeness (QED) is 0.738. The van der Waals surface area contributed by atoms with E-state index in [0.717, 1.165) is 0 Å². The average molecular weight is 234 g/mol. The van der Waals surface area contributed by atoms with Gasteiger partial charge in [0.1, 0.15) is 16.7 Å². The van der Waals surface area contributed by atoms with Crippen LogP contribution in [-0.4, -0.2) is 15.2 Å². The molecule has 0 unspecified atom stereocenters. The summed E-state index contributed by atoms with van der Waals surface area (Å²) in [6.07, 6.45) is 1.42. The maximum Gasteiger partial charge on any atom is 0.193 e. The zero-order chi connectivity index (χ0) is 10.8. The largest absolute Gasteiger partial charge is 0.444 e. The maximum absolute atomic E-state index is 11.5. The second-order valence-corrected chi connectivity index (χ2v) is 6.04. The molecule has 1 atom stereocenters. The van der Waals surface area contributed by atoms with Crippen LogP contribution >= 0.6 is 11.6 Å². The lowest BCUT2D eigenvalue weighted by Gasteiger charge is -2.12. The van der Waals surface area contributed by atoms with Crippen molar-refractivity contribution < 1.29 is 8.63 Å². The summed E-state index contributed by atoms with van der Waals surface area (Å²) in [5, 5.41) is 0.299. The lowest BCUT2D eigenvalue weighted by atomic mass is 10.3. The number of furan rings is 1. The molecule has 78 valence electrons. The molecule has 0 aromatic carbocycles. The predicted molar refractivity (Wildman–Crippen MR) is 59.2 cm³/mol. The van der Waals surface area contributed by atoms with Crippen molar-refractivity contribution in [1.29, 1.82) is 0 Å². The highest BCUT2D eigenvalue weighted by molar-refractivity contribution is 7.85. The lowest BCUT2D eigenvalue weighted by molar-refractivity contribution is 0.562. The molecule has 1 heterocycles. The maximum atomic E-state index is 11.5. The summed E-state index contributed by atoms with van der Waals surface area (Å²) in [5.41, 5.74) is 0. The summed E-state index contributed by atoms with van der Waals surface area (Å²) in [5.74, 6) is 0.507.